The summed E-state index contributed by atoms with van der Waals surface area (Å²) in [5, 5.41) is 0. The van der Waals surface area contributed by atoms with Gasteiger partial charge >= 0.3 is 0 Å². The number of hydrogen-bond donors (Lipinski definition) is 0. The van der Waals surface area contributed by atoms with Crippen molar-refractivity contribution < 1.29 is 4.74 Å². The minimum absolute atomic E-state index is 0.787. The molecule has 0 N–H and O–H groups in total. The van der Waals surface area contributed by atoms with Crippen molar-refractivity contribution in [2.75, 3.05) is 7.11 Å². The fourth-order valence-electron chi connectivity index (χ4n) is 4.56. The molecule has 0 radical (unpaired) electrons. The third-order valence-electron chi connectivity index (χ3n) is 6.09. The van der Waals surface area contributed by atoms with E-state index >= 15 is 0 Å². The molecule has 2 aliphatic rings. The lowest BCUT2D eigenvalue weighted by Gasteiger charge is -2.37. The largest absolute Gasteiger partial charge is 0.497 e. The summed E-state index contributed by atoms with van der Waals surface area (Å²) < 4.78 is 5.26. The maximum Gasteiger partial charge on any atom is 0.118 e. The molecule has 0 aromatic heterocycles. The lowest BCUT2D eigenvalue weighted by molar-refractivity contribution is 0.186. The van der Waals surface area contributed by atoms with Gasteiger partial charge in [-0.05, 0) is 61.1 Å². The van der Waals surface area contributed by atoms with Crippen LogP contribution in [0.5, 0.6) is 5.75 Å². The number of hydrogen-bond acceptors (Lipinski definition) is 1. The van der Waals surface area contributed by atoms with Gasteiger partial charge in [-0.25, -0.2) is 0 Å². The Hall–Kier alpha value is -0.915. The highest BCUT2D eigenvalue weighted by atomic mass is 16.5. The van der Waals surface area contributed by atoms with Crippen LogP contribution in [0.3, 0.4) is 0 Å². The summed E-state index contributed by atoms with van der Waals surface area (Å²) in [7, 11) is 4.17. The molecule has 3 rings (SSSR count). The minimum atomic E-state index is 0.787. The molecule has 0 amide bonds. The van der Waals surface area contributed by atoms with Crippen molar-refractivity contribution in [3.05, 3.63) is 29.8 Å². The lowest BCUT2D eigenvalue weighted by Crippen LogP contribution is -2.24. The van der Waals surface area contributed by atoms with Crippen LogP contribution in [0.1, 0.15) is 62.8 Å². The van der Waals surface area contributed by atoms with E-state index in [9.17, 15) is 0 Å². The quantitative estimate of drug-likeness (QED) is 0.738. The Kier molecular flexibility index (Phi) is 4.93. The van der Waals surface area contributed by atoms with Crippen LogP contribution in [-0.2, 0) is 0 Å². The first-order valence-corrected chi connectivity index (χ1v) is 8.90. The van der Waals surface area contributed by atoms with Gasteiger partial charge in [0.05, 0.1) is 7.11 Å². The van der Waals surface area contributed by atoms with Gasteiger partial charge in [-0.2, -0.15) is 0 Å². The Morgan fingerprint density at radius 3 is 1.86 bits per heavy atom. The Morgan fingerprint density at radius 1 is 0.810 bits per heavy atom. The van der Waals surface area contributed by atoms with Gasteiger partial charge in [0.15, 0.2) is 0 Å². The molecule has 0 aliphatic heterocycles. The fourth-order valence-corrected chi connectivity index (χ4v) is 4.56. The molecule has 2 fully saturated rings. The van der Waals surface area contributed by atoms with Crippen LogP contribution in [-0.4, -0.2) is 15.0 Å². The number of ether oxygens (including phenoxy) is 1. The van der Waals surface area contributed by atoms with E-state index in [2.05, 4.69) is 32.1 Å². The Labute approximate surface area is 130 Å². The van der Waals surface area contributed by atoms with Crippen molar-refractivity contribution in [1.82, 2.24) is 0 Å². The molecule has 0 bridgehead atoms. The average molecular weight is 284 g/mol. The molecule has 0 atom stereocenters. The Morgan fingerprint density at radius 2 is 1.33 bits per heavy atom. The topological polar surface area (TPSA) is 9.23 Å². The third kappa shape index (κ3) is 3.65. The van der Waals surface area contributed by atoms with E-state index in [0.717, 1.165) is 29.3 Å². The highest BCUT2D eigenvalue weighted by molar-refractivity contribution is 6.11. The predicted molar refractivity (Wildman–Crippen MR) is 91.9 cm³/mol. The van der Waals surface area contributed by atoms with E-state index < -0.39 is 0 Å². The van der Waals surface area contributed by atoms with Crippen LogP contribution >= 0.6 is 0 Å². The minimum Gasteiger partial charge on any atom is -0.497 e. The molecule has 0 heterocycles. The summed E-state index contributed by atoms with van der Waals surface area (Å²) >= 11 is 0. The molecule has 0 saturated heterocycles. The molecule has 0 unspecified atom stereocenters. The van der Waals surface area contributed by atoms with Crippen molar-refractivity contribution in [1.29, 1.82) is 0 Å². The second-order valence-electron chi connectivity index (χ2n) is 7.40. The second-order valence-corrected chi connectivity index (χ2v) is 7.40. The molecule has 1 aromatic carbocycles. The summed E-state index contributed by atoms with van der Waals surface area (Å²) in [6.07, 6.45) is 11.6. The summed E-state index contributed by atoms with van der Waals surface area (Å²) in [6, 6.07) is 8.77. The third-order valence-corrected chi connectivity index (χ3v) is 6.09. The monoisotopic (exact) mass is 284 g/mol. The summed E-state index contributed by atoms with van der Waals surface area (Å²) in [5.41, 5.74) is 1.52. The summed E-state index contributed by atoms with van der Waals surface area (Å²) in [5.74, 6) is 4.81. The van der Waals surface area contributed by atoms with Gasteiger partial charge in [0.2, 0.25) is 0 Å². The molecular formula is C19H29BO. The number of rotatable bonds is 3. The highest BCUT2D eigenvalue weighted by Gasteiger charge is 2.30. The average Bonchev–Trinajstić information content (AvgIpc) is 2.56. The van der Waals surface area contributed by atoms with Crippen LogP contribution in [0.15, 0.2) is 24.3 Å². The second kappa shape index (κ2) is 6.90. The van der Waals surface area contributed by atoms with Gasteiger partial charge in [-0.1, -0.05) is 43.6 Å². The first kappa shape index (κ1) is 15.0. The van der Waals surface area contributed by atoms with Crippen LogP contribution in [0.4, 0.5) is 0 Å². The van der Waals surface area contributed by atoms with E-state index in [-0.39, 0.29) is 0 Å². The van der Waals surface area contributed by atoms with Gasteiger partial charge in [0.25, 0.3) is 0 Å². The maximum atomic E-state index is 5.26. The van der Waals surface area contributed by atoms with Gasteiger partial charge in [0.1, 0.15) is 13.6 Å². The van der Waals surface area contributed by atoms with Gasteiger partial charge in [0, 0.05) is 0 Å². The smallest absolute Gasteiger partial charge is 0.118 e. The van der Waals surface area contributed by atoms with Crippen molar-refractivity contribution in [3.8, 4) is 5.75 Å². The van der Waals surface area contributed by atoms with E-state index in [1.807, 2.05) is 0 Å². The van der Waals surface area contributed by atoms with E-state index in [1.165, 1.54) is 56.9 Å². The molecule has 2 heteroatoms. The zero-order chi connectivity index (χ0) is 14.7. The first-order valence-electron chi connectivity index (χ1n) is 8.90. The zero-order valence-corrected chi connectivity index (χ0v) is 13.7. The highest BCUT2D eigenvalue weighted by Crippen LogP contribution is 2.44. The van der Waals surface area contributed by atoms with Crippen molar-refractivity contribution in [2.24, 2.45) is 11.8 Å². The summed E-state index contributed by atoms with van der Waals surface area (Å²) in [4.78, 5) is 0. The molecule has 114 valence electrons. The fraction of sp³-hybridized carbons (Fsp3) is 0.684. The predicted octanol–water partition coefficient (Wildman–Crippen LogP) is 4.58. The molecule has 2 saturated carbocycles. The number of benzene rings is 1. The SMILES string of the molecule is BC1CCC(C2CCC(c3ccc(OC)cc3)CC2)CC1. The van der Waals surface area contributed by atoms with E-state index in [1.54, 1.807) is 7.11 Å². The maximum absolute atomic E-state index is 5.26. The van der Waals surface area contributed by atoms with Crippen molar-refractivity contribution >= 4 is 7.85 Å². The van der Waals surface area contributed by atoms with Crippen LogP contribution in [0, 0.1) is 11.8 Å². The Balaban J connectivity index is 1.52. The standard InChI is InChI=1S/C19H29BO/c1-21-19-12-8-17(9-13-19)15-4-2-14(3-5-15)16-6-10-18(20)11-7-16/h8-9,12-16,18H,2-7,10-11,20H2,1H3. The van der Waals surface area contributed by atoms with Crippen LogP contribution < -0.4 is 4.74 Å². The molecule has 0 spiro atoms. The molecule has 1 aromatic rings. The van der Waals surface area contributed by atoms with Crippen LogP contribution in [0.2, 0.25) is 5.82 Å². The van der Waals surface area contributed by atoms with Gasteiger partial charge in [-0.15, -0.1) is 0 Å². The lowest BCUT2D eigenvalue weighted by atomic mass is 9.65. The number of methoxy groups -OCH3 is 1. The zero-order valence-electron chi connectivity index (χ0n) is 13.7. The molecule has 2 aliphatic carbocycles. The molecule has 21 heavy (non-hydrogen) atoms. The van der Waals surface area contributed by atoms with Gasteiger partial charge < -0.3 is 4.74 Å². The summed E-state index contributed by atoms with van der Waals surface area (Å²) in [6.45, 7) is 0. The van der Waals surface area contributed by atoms with Crippen molar-refractivity contribution in [3.63, 3.8) is 0 Å². The van der Waals surface area contributed by atoms with Crippen LogP contribution in [0.25, 0.3) is 0 Å². The van der Waals surface area contributed by atoms with Gasteiger partial charge in [-0.3, -0.25) is 0 Å². The molecule has 1 nitrogen and oxygen atoms in total. The van der Waals surface area contributed by atoms with E-state index in [4.69, 9.17) is 4.74 Å². The Bertz CT molecular complexity index is 425. The van der Waals surface area contributed by atoms with Crippen molar-refractivity contribution in [2.45, 2.75) is 63.1 Å². The first-order chi connectivity index (χ1) is 10.3. The van der Waals surface area contributed by atoms with E-state index in [0.29, 0.717) is 0 Å². The normalized spacial score (nSPS) is 33.6. The molecular weight excluding hydrogens is 255 g/mol.